The van der Waals surface area contributed by atoms with Crippen LogP contribution >= 0.6 is 0 Å². The van der Waals surface area contributed by atoms with E-state index in [2.05, 4.69) is 0 Å². The van der Waals surface area contributed by atoms with Crippen LogP contribution in [0.25, 0.3) is 0 Å². The predicted molar refractivity (Wildman–Crippen MR) is 71.9 cm³/mol. The summed E-state index contributed by atoms with van der Waals surface area (Å²) in [5.74, 6) is 0.186. The molecular weight excluding hydrogens is 224 g/mol. The Balaban J connectivity index is 2.11. The minimum absolute atomic E-state index is 0.0237. The van der Waals surface area contributed by atoms with E-state index in [1.807, 2.05) is 37.3 Å². The highest BCUT2D eigenvalue weighted by Crippen LogP contribution is 2.24. The minimum Gasteiger partial charge on any atom is -0.507 e. The number of phenolic OH excluding ortho intramolecular Hbond substituents is 1. The van der Waals surface area contributed by atoms with Gasteiger partial charge in [0.1, 0.15) is 5.75 Å². The van der Waals surface area contributed by atoms with Crippen LogP contribution in [0.2, 0.25) is 0 Å². The lowest BCUT2D eigenvalue weighted by Gasteiger charge is -2.11. The van der Waals surface area contributed by atoms with Gasteiger partial charge in [0, 0.05) is 6.42 Å². The fourth-order valence-electron chi connectivity index (χ4n) is 2.00. The van der Waals surface area contributed by atoms with E-state index in [1.54, 1.807) is 24.3 Å². The summed E-state index contributed by atoms with van der Waals surface area (Å²) in [4.78, 5) is 12.1. The van der Waals surface area contributed by atoms with Crippen molar-refractivity contribution in [3.63, 3.8) is 0 Å². The summed E-state index contributed by atoms with van der Waals surface area (Å²) in [7, 11) is 0. The average molecular weight is 240 g/mol. The predicted octanol–water partition coefficient (Wildman–Crippen LogP) is 3.77. The van der Waals surface area contributed by atoms with Crippen molar-refractivity contribution in [3.8, 4) is 5.75 Å². The second-order valence-electron chi connectivity index (χ2n) is 4.46. The van der Waals surface area contributed by atoms with Crippen LogP contribution in [-0.4, -0.2) is 10.9 Å². The summed E-state index contributed by atoms with van der Waals surface area (Å²) in [5, 5.41) is 9.64. The third-order valence-corrected chi connectivity index (χ3v) is 3.06. The van der Waals surface area contributed by atoms with E-state index in [0.717, 1.165) is 5.56 Å². The molecule has 2 aromatic rings. The largest absolute Gasteiger partial charge is 0.507 e. The number of hydrogen-bond acceptors (Lipinski definition) is 2. The van der Waals surface area contributed by atoms with Gasteiger partial charge in [0.15, 0.2) is 5.78 Å². The molecule has 0 saturated heterocycles. The Kier molecular flexibility index (Phi) is 3.78. The normalized spacial score (nSPS) is 12.1. The summed E-state index contributed by atoms with van der Waals surface area (Å²) < 4.78 is 0. The van der Waals surface area contributed by atoms with Crippen LogP contribution < -0.4 is 0 Å². The Morgan fingerprint density at radius 2 is 1.67 bits per heavy atom. The molecule has 0 aromatic heterocycles. The summed E-state index contributed by atoms with van der Waals surface area (Å²) in [6.07, 6.45) is 0.404. The lowest BCUT2D eigenvalue weighted by atomic mass is 9.93. The number of rotatable bonds is 4. The number of ketones is 1. The first-order chi connectivity index (χ1) is 8.68. The summed E-state index contributed by atoms with van der Waals surface area (Å²) >= 11 is 0. The molecule has 1 unspecified atom stereocenters. The third-order valence-electron chi connectivity index (χ3n) is 3.06. The van der Waals surface area contributed by atoms with Gasteiger partial charge in [-0.15, -0.1) is 0 Å². The van der Waals surface area contributed by atoms with Crippen molar-refractivity contribution in [1.82, 2.24) is 0 Å². The first kappa shape index (κ1) is 12.4. The molecule has 92 valence electrons. The Morgan fingerprint density at radius 1 is 1.06 bits per heavy atom. The summed E-state index contributed by atoms with van der Waals surface area (Å²) in [6.45, 7) is 2.02. The molecule has 0 aliphatic carbocycles. The molecule has 0 fully saturated rings. The minimum atomic E-state index is -0.0237. The zero-order valence-electron chi connectivity index (χ0n) is 10.3. The number of Topliss-reactive ketones (excluding diaryl/α,β-unsaturated/α-hetero) is 1. The molecule has 0 heterocycles. The van der Waals surface area contributed by atoms with Crippen molar-refractivity contribution in [2.45, 2.75) is 19.3 Å². The van der Waals surface area contributed by atoms with Gasteiger partial charge in [-0.2, -0.15) is 0 Å². The molecule has 18 heavy (non-hydrogen) atoms. The fourth-order valence-corrected chi connectivity index (χ4v) is 2.00. The zero-order chi connectivity index (χ0) is 13.0. The van der Waals surface area contributed by atoms with Crippen molar-refractivity contribution in [3.05, 3.63) is 65.7 Å². The topological polar surface area (TPSA) is 37.3 Å². The highest BCUT2D eigenvalue weighted by atomic mass is 16.3. The van der Waals surface area contributed by atoms with Crippen LogP contribution in [0, 0.1) is 0 Å². The first-order valence-corrected chi connectivity index (χ1v) is 6.04. The first-order valence-electron chi connectivity index (χ1n) is 6.04. The molecule has 0 saturated carbocycles. The van der Waals surface area contributed by atoms with Crippen LogP contribution in [0.5, 0.6) is 5.75 Å². The second-order valence-corrected chi connectivity index (χ2v) is 4.46. The number of phenols is 1. The van der Waals surface area contributed by atoms with E-state index >= 15 is 0 Å². The fraction of sp³-hybridized carbons (Fsp3) is 0.188. The molecular formula is C16H16O2. The summed E-state index contributed by atoms with van der Waals surface area (Å²) in [6, 6.07) is 16.6. The van der Waals surface area contributed by atoms with Gasteiger partial charge in [0.2, 0.25) is 0 Å². The molecule has 1 N–H and O–H groups in total. The molecule has 2 heteroatoms. The van der Waals surface area contributed by atoms with E-state index in [1.165, 1.54) is 0 Å². The quantitative estimate of drug-likeness (QED) is 0.826. The van der Waals surface area contributed by atoms with Crippen molar-refractivity contribution in [2.75, 3.05) is 0 Å². The monoisotopic (exact) mass is 240 g/mol. The van der Waals surface area contributed by atoms with Crippen LogP contribution in [0.15, 0.2) is 54.6 Å². The van der Waals surface area contributed by atoms with Crippen LogP contribution in [0.4, 0.5) is 0 Å². The smallest absolute Gasteiger partial charge is 0.167 e. The maximum Gasteiger partial charge on any atom is 0.167 e. The van der Waals surface area contributed by atoms with E-state index in [4.69, 9.17) is 0 Å². The van der Waals surface area contributed by atoms with Crippen molar-refractivity contribution >= 4 is 5.78 Å². The number of hydrogen-bond donors (Lipinski definition) is 1. The highest BCUT2D eigenvalue weighted by molar-refractivity contribution is 5.98. The number of carbonyl (C=O) groups is 1. The lowest BCUT2D eigenvalue weighted by Crippen LogP contribution is -2.05. The van der Waals surface area contributed by atoms with Gasteiger partial charge in [0.25, 0.3) is 0 Å². The summed E-state index contributed by atoms with van der Waals surface area (Å²) in [5.41, 5.74) is 1.54. The molecule has 0 aliphatic heterocycles. The number of para-hydroxylation sites is 1. The molecule has 0 amide bonds. The van der Waals surface area contributed by atoms with Crippen LogP contribution in [0.3, 0.4) is 0 Å². The van der Waals surface area contributed by atoms with Gasteiger partial charge in [-0.1, -0.05) is 49.4 Å². The van der Waals surface area contributed by atoms with E-state index in [-0.39, 0.29) is 17.5 Å². The average Bonchev–Trinajstić information content (AvgIpc) is 2.40. The Bertz CT molecular complexity index is 532. The molecule has 0 radical (unpaired) electrons. The van der Waals surface area contributed by atoms with Gasteiger partial charge in [-0.3, -0.25) is 4.79 Å². The van der Waals surface area contributed by atoms with Gasteiger partial charge < -0.3 is 5.11 Å². The van der Waals surface area contributed by atoms with Crippen LogP contribution in [0.1, 0.15) is 35.2 Å². The molecule has 1 atom stereocenters. The Morgan fingerprint density at radius 3 is 2.33 bits per heavy atom. The maximum absolute atomic E-state index is 12.1. The van der Waals surface area contributed by atoms with E-state index < -0.39 is 0 Å². The third kappa shape index (κ3) is 2.77. The van der Waals surface area contributed by atoms with Crippen molar-refractivity contribution < 1.29 is 9.90 Å². The van der Waals surface area contributed by atoms with Gasteiger partial charge in [0.05, 0.1) is 5.56 Å². The molecule has 2 nitrogen and oxygen atoms in total. The molecule has 2 aromatic carbocycles. The van der Waals surface area contributed by atoms with E-state index in [0.29, 0.717) is 12.0 Å². The van der Waals surface area contributed by atoms with Gasteiger partial charge in [-0.25, -0.2) is 0 Å². The standard InChI is InChI=1S/C16H16O2/c1-12(13-7-3-2-4-8-13)11-16(18)14-9-5-6-10-15(14)17/h2-10,12,17H,11H2,1H3. The Labute approximate surface area is 107 Å². The number of aromatic hydroxyl groups is 1. The van der Waals surface area contributed by atoms with Crippen LogP contribution in [-0.2, 0) is 0 Å². The van der Waals surface area contributed by atoms with Gasteiger partial charge in [-0.05, 0) is 23.6 Å². The van der Waals surface area contributed by atoms with Gasteiger partial charge >= 0.3 is 0 Å². The SMILES string of the molecule is CC(CC(=O)c1ccccc1O)c1ccccc1. The molecule has 0 spiro atoms. The highest BCUT2D eigenvalue weighted by Gasteiger charge is 2.15. The number of carbonyl (C=O) groups excluding carboxylic acids is 1. The zero-order valence-corrected chi connectivity index (χ0v) is 10.3. The molecule has 0 aliphatic rings. The van der Waals surface area contributed by atoms with Crippen molar-refractivity contribution in [1.29, 1.82) is 0 Å². The lowest BCUT2D eigenvalue weighted by molar-refractivity contribution is 0.0973. The Hall–Kier alpha value is -2.09. The van der Waals surface area contributed by atoms with Crippen molar-refractivity contribution in [2.24, 2.45) is 0 Å². The second kappa shape index (κ2) is 5.50. The molecule has 2 rings (SSSR count). The number of benzene rings is 2. The van der Waals surface area contributed by atoms with E-state index in [9.17, 15) is 9.90 Å². The maximum atomic E-state index is 12.1. The molecule has 0 bridgehead atoms.